The van der Waals surface area contributed by atoms with Crippen LogP contribution in [-0.4, -0.2) is 4.98 Å². The van der Waals surface area contributed by atoms with Crippen molar-refractivity contribution in [2.75, 3.05) is 0 Å². The highest BCUT2D eigenvalue weighted by molar-refractivity contribution is 6.42. The molecule has 1 aromatic rings. The number of hydrogen-bond donors (Lipinski definition) is 0. The standard InChI is InChI=1S/C6H5Cl2N.ClH/c1-4-6(8)5(7)2-3-9-4;/h2-3H,1H3;1H. The summed E-state index contributed by atoms with van der Waals surface area (Å²) in [6.07, 6.45) is 1.63. The van der Waals surface area contributed by atoms with E-state index in [1.54, 1.807) is 12.3 Å². The molecule has 0 aromatic carbocycles. The zero-order chi connectivity index (χ0) is 6.85. The minimum Gasteiger partial charge on any atom is -0.260 e. The molecule has 0 unspecified atom stereocenters. The van der Waals surface area contributed by atoms with Crippen LogP contribution in [0, 0.1) is 6.92 Å². The molecule has 0 aliphatic heterocycles. The molecule has 56 valence electrons. The minimum absolute atomic E-state index is 0. The first-order chi connectivity index (χ1) is 4.22. The van der Waals surface area contributed by atoms with Gasteiger partial charge in [0.15, 0.2) is 0 Å². The average Bonchev–Trinajstić information content (AvgIpc) is 1.83. The lowest BCUT2D eigenvalue weighted by atomic mass is 10.4. The van der Waals surface area contributed by atoms with E-state index >= 15 is 0 Å². The fourth-order valence-electron chi connectivity index (χ4n) is 0.517. The second kappa shape index (κ2) is 4.02. The van der Waals surface area contributed by atoms with Crippen LogP contribution in [0.5, 0.6) is 0 Å². The number of aromatic nitrogens is 1. The summed E-state index contributed by atoms with van der Waals surface area (Å²) >= 11 is 11.3. The van der Waals surface area contributed by atoms with Crippen molar-refractivity contribution >= 4 is 35.6 Å². The van der Waals surface area contributed by atoms with Gasteiger partial charge >= 0.3 is 0 Å². The molecule has 0 aliphatic rings. The highest BCUT2D eigenvalue weighted by Crippen LogP contribution is 2.22. The third kappa shape index (κ3) is 2.01. The largest absolute Gasteiger partial charge is 0.260 e. The van der Waals surface area contributed by atoms with Crippen molar-refractivity contribution in [3.63, 3.8) is 0 Å². The van der Waals surface area contributed by atoms with Crippen LogP contribution < -0.4 is 0 Å². The van der Waals surface area contributed by atoms with Gasteiger partial charge in [-0.1, -0.05) is 23.2 Å². The lowest BCUT2D eigenvalue weighted by Crippen LogP contribution is -1.80. The van der Waals surface area contributed by atoms with Crippen LogP contribution in [0.3, 0.4) is 0 Å². The highest BCUT2D eigenvalue weighted by Gasteiger charge is 1.98. The van der Waals surface area contributed by atoms with E-state index in [4.69, 9.17) is 23.2 Å². The van der Waals surface area contributed by atoms with Gasteiger partial charge in [0.2, 0.25) is 0 Å². The van der Waals surface area contributed by atoms with Gasteiger partial charge in [0.25, 0.3) is 0 Å². The Kier molecular flexibility index (Phi) is 4.02. The van der Waals surface area contributed by atoms with Crippen molar-refractivity contribution in [1.29, 1.82) is 0 Å². The average molecular weight is 198 g/mol. The molecule has 0 bridgehead atoms. The van der Waals surface area contributed by atoms with E-state index in [9.17, 15) is 0 Å². The molecule has 0 N–H and O–H groups in total. The van der Waals surface area contributed by atoms with Crippen LogP contribution in [0.1, 0.15) is 5.69 Å². The summed E-state index contributed by atoms with van der Waals surface area (Å²) in [5.41, 5.74) is 0.768. The highest BCUT2D eigenvalue weighted by atomic mass is 35.5. The van der Waals surface area contributed by atoms with Crippen LogP contribution in [0.4, 0.5) is 0 Å². The lowest BCUT2D eigenvalue weighted by molar-refractivity contribution is 1.20. The number of pyridine rings is 1. The van der Waals surface area contributed by atoms with Gasteiger partial charge in [-0.25, -0.2) is 0 Å². The van der Waals surface area contributed by atoms with Gasteiger partial charge in [0, 0.05) is 6.20 Å². The number of nitrogens with zero attached hydrogens (tertiary/aromatic N) is 1. The zero-order valence-corrected chi connectivity index (χ0v) is 7.59. The molecule has 0 aliphatic carbocycles. The molecule has 1 rings (SSSR count). The summed E-state index contributed by atoms with van der Waals surface area (Å²) in [6.45, 7) is 1.81. The predicted octanol–water partition coefficient (Wildman–Crippen LogP) is 3.12. The molecule has 0 amide bonds. The molecule has 0 saturated heterocycles. The van der Waals surface area contributed by atoms with Crippen molar-refractivity contribution in [2.45, 2.75) is 6.92 Å². The molecule has 0 radical (unpaired) electrons. The first kappa shape index (κ1) is 10.0. The third-order valence-corrected chi connectivity index (χ3v) is 1.91. The number of hydrogen-bond acceptors (Lipinski definition) is 1. The minimum atomic E-state index is 0. The summed E-state index contributed by atoms with van der Waals surface area (Å²) in [5.74, 6) is 0. The van der Waals surface area contributed by atoms with Crippen molar-refractivity contribution in [1.82, 2.24) is 4.98 Å². The van der Waals surface area contributed by atoms with Crippen molar-refractivity contribution in [3.8, 4) is 0 Å². The molecule has 0 atom stereocenters. The second-order valence-electron chi connectivity index (χ2n) is 1.69. The number of rotatable bonds is 0. The summed E-state index contributed by atoms with van der Waals surface area (Å²) in [4.78, 5) is 3.92. The fourth-order valence-corrected chi connectivity index (χ4v) is 0.822. The van der Waals surface area contributed by atoms with Gasteiger partial charge in [-0.2, -0.15) is 0 Å². The van der Waals surface area contributed by atoms with E-state index in [0.717, 1.165) is 5.69 Å². The summed E-state index contributed by atoms with van der Waals surface area (Å²) in [6, 6.07) is 1.66. The number of halogens is 3. The van der Waals surface area contributed by atoms with E-state index in [2.05, 4.69) is 4.98 Å². The third-order valence-electron chi connectivity index (χ3n) is 1.02. The monoisotopic (exact) mass is 197 g/mol. The topological polar surface area (TPSA) is 12.9 Å². The zero-order valence-electron chi connectivity index (χ0n) is 5.27. The van der Waals surface area contributed by atoms with Gasteiger partial charge in [0.05, 0.1) is 15.7 Å². The van der Waals surface area contributed by atoms with Crippen molar-refractivity contribution < 1.29 is 0 Å². The molecular weight excluding hydrogens is 192 g/mol. The fraction of sp³-hybridized carbons (Fsp3) is 0.167. The van der Waals surface area contributed by atoms with Gasteiger partial charge in [-0.15, -0.1) is 12.4 Å². The summed E-state index contributed by atoms with van der Waals surface area (Å²) in [7, 11) is 0. The van der Waals surface area contributed by atoms with Crippen LogP contribution in [0.25, 0.3) is 0 Å². The predicted molar refractivity (Wildman–Crippen MR) is 46.2 cm³/mol. The Hall–Kier alpha value is 0.0200. The lowest BCUT2D eigenvalue weighted by Gasteiger charge is -1.95. The molecule has 0 saturated carbocycles. The van der Waals surface area contributed by atoms with Crippen LogP contribution >= 0.6 is 35.6 Å². The van der Waals surface area contributed by atoms with Crippen LogP contribution in [0.2, 0.25) is 10.0 Å². The molecule has 1 nitrogen and oxygen atoms in total. The Morgan fingerprint density at radius 3 is 2.40 bits per heavy atom. The maximum Gasteiger partial charge on any atom is 0.0804 e. The van der Waals surface area contributed by atoms with Gasteiger partial charge in [-0.3, -0.25) is 4.98 Å². The molecular formula is C6H6Cl3N. The molecule has 1 heterocycles. The van der Waals surface area contributed by atoms with Gasteiger partial charge in [-0.05, 0) is 13.0 Å². The molecule has 0 fully saturated rings. The first-order valence-corrected chi connectivity index (χ1v) is 3.24. The molecule has 4 heteroatoms. The second-order valence-corrected chi connectivity index (χ2v) is 2.48. The number of aryl methyl sites for hydroxylation is 1. The first-order valence-electron chi connectivity index (χ1n) is 2.48. The van der Waals surface area contributed by atoms with Gasteiger partial charge in [0.1, 0.15) is 0 Å². The summed E-state index contributed by atoms with van der Waals surface area (Å²) in [5, 5.41) is 1.10. The Bertz CT molecular complexity index is 204. The summed E-state index contributed by atoms with van der Waals surface area (Å²) < 4.78 is 0. The van der Waals surface area contributed by atoms with E-state index < -0.39 is 0 Å². The quantitative estimate of drug-likeness (QED) is 0.624. The van der Waals surface area contributed by atoms with E-state index in [1.165, 1.54) is 0 Å². The Morgan fingerprint density at radius 1 is 1.40 bits per heavy atom. The Labute approximate surface area is 75.8 Å². The molecule has 10 heavy (non-hydrogen) atoms. The molecule has 0 spiro atoms. The van der Waals surface area contributed by atoms with E-state index in [-0.39, 0.29) is 12.4 Å². The smallest absolute Gasteiger partial charge is 0.0804 e. The van der Waals surface area contributed by atoms with Crippen molar-refractivity contribution in [3.05, 3.63) is 28.0 Å². The van der Waals surface area contributed by atoms with Crippen LogP contribution in [-0.2, 0) is 0 Å². The van der Waals surface area contributed by atoms with E-state index in [1.807, 2.05) is 6.92 Å². The van der Waals surface area contributed by atoms with Gasteiger partial charge < -0.3 is 0 Å². The van der Waals surface area contributed by atoms with E-state index in [0.29, 0.717) is 10.0 Å². The maximum absolute atomic E-state index is 5.68. The maximum atomic E-state index is 5.68. The van der Waals surface area contributed by atoms with Crippen molar-refractivity contribution in [2.24, 2.45) is 0 Å². The SMILES string of the molecule is Cc1nccc(Cl)c1Cl.Cl. The Morgan fingerprint density at radius 2 is 2.00 bits per heavy atom. The molecule has 1 aromatic heterocycles. The van der Waals surface area contributed by atoms with Crippen LogP contribution in [0.15, 0.2) is 12.3 Å². The Balaban J connectivity index is 0.000000810. The normalized spacial score (nSPS) is 8.70.